The lowest BCUT2D eigenvalue weighted by Crippen LogP contribution is -2.06. The Labute approximate surface area is 185 Å². The maximum atomic E-state index is 13.9. The van der Waals surface area contributed by atoms with Crippen molar-refractivity contribution in [3.05, 3.63) is 103 Å². The van der Waals surface area contributed by atoms with E-state index in [9.17, 15) is 4.39 Å². The SMILES string of the molecule is Cn1c(NCc2ccccc2F)nc2cnc(-c3cccc(Oc4ccccc4)c3)cc21. The fourth-order valence-electron chi connectivity index (χ4n) is 3.57. The number of fused-ring (bicyclic) bond motifs is 1. The molecule has 0 spiro atoms. The van der Waals surface area contributed by atoms with E-state index in [1.54, 1.807) is 18.3 Å². The summed E-state index contributed by atoms with van der Waals surface area (Å²) in [5.74, 6) is 1.95. The molecular weight excluding hydrogens is 403 g/mol. The number of nitrogens with one attached hydrogen (secondary N) is 1. The highest BCUT2D eigenvalue weighted by molar-refractivity contribution is 5.82. The van der Waals surface area contributed by atoms with Gasteiger partial charge >= 0.3 is 0 Å². The Kier molecular flexibility index (Phi) is 5.25. The van der Waals surface area contributed by atoms with Crippen molar-refractivity contribution in [3.8, 4) is 22.8 Å². The number of rotatable bonds is 6. The minimum Gasteiger partial charge on any atom is -0.457 e. The first-order chi connectivity index (χ1) is 15.7. The maximum Gasteiger partial charge on any atom is 0.203 e. The molecule has 0 saturated heterocycles. The predicted molar refractivity (Wildman–Crippen MR) is 124 cm³/mol. The Hall–Kier alpha value is -4.19. The number of pyridine rings is 1. The summed E-state index contributed by atoms with van der Waals surface area (Å²) in [6.07, 6.45) is 1.75. The summed E-state index contributed by atoms with van der Waals surface area (Å²) in [6.45, 7) is 0.350. The first-order valence-electron chi connectivity index (χ1n) is 10.3. The predicted octanol–water partition coefficient (Wildman–Crippen LogP) is 6.18. The van der Waals surface area contributed by atoms with Crippen LogP contribution in [0.25, 0.3) is 22.3 Å². The van der Waals surface area contributed by atoms with Crippen LogP contribution in [0.3, 0.4) is 0 Å². The summed E-state index contributed by atoms with van der Waals surface area (Å²) < 4.78 is 21.8. The van der Waals surface area contributed by atoms with Gasteiger partial charge in [0.25, 0.3) is 0 Å². The lowest BCUT2D eigenvalue weighted by atomic mass is 10.1. The number of anilines is 1. The van der Waals surface area contributed by atoms with Crippen LogP contribution in [0.4, 0.5) is 10.3 Å². The van der Waals surface area contributed by atoms with E-state index in [4.69, 9.17) is 4.74 Å². The molecule has 1 N–H and O–H groups in total. The Morgan fingerprint density at radius 3 is 2.53 bits per heavy atom. The molecule has 2 aromatic heterocycles. The Bertz CT molecular complexity index is 1380. The number of aryl methyl sites for hydroxylation is 1. The monoisotopic (exact) mass is 424 g/mol. The molecule has 0 aliphatic carbocycles. The summed E-state index contributed by atoms with van der Waals surface area (Å²) in [7, 11) is 1.93. The van der Waals surface area contributed by atoms with Crippen molar-refractivity contribution in [3.63, 3.8) is 0 Å². The van der Waals surface area contributed by atoms with Crippen molar-refractivity contribution in [1.82, 2.24) is 14.5 Å². The number of aromatic nitrogens is 3. The number of hydrogen-bond acceptors (Lipinski definition) is 4. The molecule has 0 radical (unpaired) electrons. The van der Waals surface area contributed by atoms with Crippen molar-refractivity contribution >= 4 is 17.0 Å². The second-order valence-corrected chi connectivity index (χ2v) is 7.44. The number of hydrogen-bond donors (Lipinski definition) is 1. The molecule has 0 aliphatic rings. The number of imidazole rings is 1. The second-order valence-electron chi connectivity index (χ2n) is 7.44. The second kappa shape index (κ2) is 8.51. The van der Waals surface area contributed by atoms with Crippen molar-refractivity contribution < 1.29 is 9.13 Å². The molecule has 0 unspecified atom stereocenters. The molecule has 6 heteroatoms. The fourth-order valence-corrected chi connectivity index (χ4v) is 3.57. The molecule has 3 aromatic carbocycles. The summed E-state index contributed by atoms with van der Waals surface area (Å²) in [6, 6.07) is 26.2. The molecule has 0 bridgehead atoms. The third kappa shape index (κ3) is 4.03. The molecule has 0 fully saturated rings. The highest BCUT2D eigenvalue weighted by Crippen LogP contribution is 2.28. The van der Waals surface area contributed by atoms with E-state index < -0.39 is 0 Å². The summed E-state index contributed by atoms with van der Waals surface area (Å²) in [5.41, 5.74) is 4.06. The first kappa shape index (κ1) is 19.8. The van der Waals surface area contributed by atoms with E-state index in [2.05, 4.69) is 15.3 Å². The van der Waals surface area contributed by atoms with Gasteiger partial charge in [0.15, 0.2) is 0 Å². The summed E-state index contributed by atoms with van der Waals surface area (Å²) in [5, 5.41) is 3.22. The molecule has 0 saturated carbocycles. The number of ether oxygens (including phenoxy) is 1. The van der Waals surface area contributed by atoms with Gasteiger partial charge in [-0.25, -0.2) is 9.37 Å². The number of para-hydroxylation sites is 1. The lowest BCUT2D eigenvalue weighted by Gasteiger charge is -2.08. The van der Waals surface area contributed by atoms with E-state index in [0.29, 0.717) is 18.1 Å². The van der Waals surface area contributed by atoms with Crippen LogP contribution in [-0.4, -0.2) is 14.5 Å². The van der Waals surface area contributed by atoms with Crippen LogP contribution in [0.15, 0.2) is 91.1 Å². The van der Waals surface area contributed by atoms with E-state index in [1.807, 2.05) is 78.3 Å². The zero-order chi connectivity index (χ0) is 21.9. The minimum atomic E-state index is -0.236. The Morgan fingerprint density at radius 2 is 1.69 bits per heavy atom. The van der Waals surface area contributed by atoms with E-state index in [-0.39, 0.29) is 5.82 Å². The normalized spacial score (nSPS) is 10.9. The van der Waals surface area contributed by atoms with Gasteiger partial charge < -0.3 is 14.6 Å². The highest BCUT2D eigenvalue weighted by Gasteiger charge is 2.11. The van der Waals surface area contributed by atoms with Crippen molar-refractivity contribution in [2.24, 2.45) is 7.05 Å². The van der Waals surface area contributed by atoms with Gasteiger partial charge in [0.1, 0.15) is 22.8 Å². The topological polar surface area (TPSA) is 52.0 Å². The van der Waals surface area contributed by atoms with Gasteiger partial charge in [-0.05, 0) is 36.4 Å². The zero-order valence-electron chi connectivity index (χ0n) is 17.5. The van der Waals surface area contributed by atoms with Gasteiger partial charge in [-0.1, -0.05) is 48.5 Å². The fraction of sp³-hybridized carbons (Fsp3) is 0.0769. The van der Waals surface area contributed by atoms with E-state index in [1.165, 1.54) is 6.07 Å². The van der Waals surface area contributed by atoms with Gasteiger partial charge in [-0.3, -0.25) is 4.98 Å². The molecule has 5 nitrogen and oxygen atoms in total. The molecule has 5 aromatic rings. The van der Waals surface area contributed by atoms with Gasteiger partial charge in [0.05, 0.1) is 17.4 Å². The molecular formula is C26H21FN4O. The summed E-state index contributed by atoms with van der Waals surface area (Å²) >= 11 is 0. The zero-order valence-corrected chi connectivity index (χ0v) is 17.5. The van der Waals surface area contributed by atoms with Crippen LogP contribution in [0, 0.1) is 5.82 Å². The average molecular weight is 424 g/mol. The van der Waals surface area contributed by atoms with Crippen LogP contribution in [0.5, 0.6) is 11.5 Å². The standard InChI is InChI=1S/C26H21FN4O/c1-31-25-15-23(18-9-7-12-21(14-18)32-20-10-3-2-4-11-20)28-17-24(25)30-26(31)29-16-19-8-5-6-13-22(19)27/h2-15,17H,16H2,1H3,(H,29,30). The van der Waals surface area contributed by atoms with E-state index in [0.717, 1.165) is 33.8 Å². The number of nitrogens with zero attached hydrogens (tertiary/aromatic N) is 3. The van der Waals surface area contributed by atoms with Crippen LogP contribution < -0.4 is 10.1 Å². The van der Waals surface area contributed by atoms with Gasteiger partial charge in [-0.2, -0.15) is 0 Å². The maximum absolute atomic E-state index is 13.9. The molecule has 0 aliphatic heterocycles. The molecule has 0 amide bonds. The van der Waals surface area contributed by atoms with Crippen molar-refractivity contribution in [2.45, 2.75) is 6.54 Å². The third-order valence-electron chi connectivity index (χ3n) is 5.27. The molecule has 158 valence electrons. The Balaban J connectivity index is 1.41. The van der Waals surface area contributed by atoms with Crippen LogP contribution >= 0.6 is 0 Å². The third-order valence-corrected chi connectivity index (χ3v) is 5.27. The van der Waals surface area contributed by atoms with Crippen LogP contribution in [0.2, 0.25) is 0 Å². The van der Waals surface area contributed by atoms with Crippen molar-refractivity contribution in [2.75, 3.05) is 5.32 Å². The number of benzene rings is 3. The molecule has 5 rings (SSSR count). The minimum absolute atomic E-state index is 0.236. The molecule has 0 atom stereocenters. The largest absolute Gasteiger partial charge is 0.457 e. The van der Waals surface area contributed by atoms with E-state index >= 15 is 0 Å². The smallest absolute Gasteiger partial charge is 0.203 e. The quantitative estimate of drug-likeness (QED) is 0.354. The van der Waals surface area contributed by atoms with Gasteiger partial charge in [0.2, 0.25) is 5.95 Å². The van der Waals surface area contributed by atoms with Crippen molar-refractivity contribution in [1.29, 1.82) is 0 Å². The van der Waals surface area contributed by atoms with Gasteiger partial charge in [0, 0.05) is 24.7 Å². The summed E-state index contributed by atoms with van der Waals surface area (Å²) in [4.78, 5) is 9.20. The van der Waals surface area contributed by atoms with Gasteiger partial charge in [-0.15, -0.1) is 0 Å². The number of halogens is 1. The average Bonchev–Trinajstić information content (AvgIpc) is 3.14. The first-order valence-corrected chi connectivity index (χ1v) is 10.3. The lowest BCUT2D eigenvalue weighted by molar-refractivity contribution is 0.483. The Morgan fingerprint density at radius 1 is 0.906 bits per heavy atom. The van der Waals surface area contributed by atoms with Crippen LogP contribution in [0.1, 0.15) is 5.56 Å². The molecule has 2 heterocycles. The highest BCUT2D eigenvalue weighted by atomic mass is 19.1. The van der Waals surface area contributed by atoms with Crippen LogP contribution in [-0.2, 0) is 13.6 Å². The molecule has 32 heavy (non-hydrogen) atoms.